The second-order valence-corrected chi connectivity index (χ2v) is 3.80. The molecule has 2 rings (SSSR count). The van der Waals surface area contributed by atoms with Crippen LogP contribution < -0.4 is 4.74 Å². The molecule has 0 saturated carbocycles. The zero-order valence-electron chi connectivity index (χ0n) is 6.61. The van der Waals surface area contributed by atoms with Gasteiger partial charge in [0.2, 0.25) is 6.10 Å². The van der Waals surface area contributed by atoms with Gasteiger partial charge in [-0.15, -0.1) is 0 Å². The monoisotopic (exact) mass is 242 g/mol. The number of fused-ring (bicyclic) bond motifs is 1. The lowest BCUT2D eigenvalue weighted by atomic mass is 10.1. The summed E-state index contributed by atoms with van der Waals surface area (Å²) < 4.78 is 5.23. The maximum absolute atomic E-state index is 10.7. The topological polar surface area (TPSA) is 46.5 Å². The van der Waals surface area contributed by atoms with E-state index in [4.69, 9.17) is 9.84 Å². The predicted octanol–water partition coefficient (Wildman–Crippen LogP) is 1.97. The van der Waals surface area contributed by atoms with Crippen LogP contribution in [0.1, 0.15) is 10.4 Å². The van der Waals surface area contributed by atoms with Crippen molar-refractivity contribution in [1.82, 2.24) is 0 Å². The number of hydrogen-bond donors (Lipinski definition) is 1. The molecule has 0 fully saturated rings. The third kappa shape index (κ3) is 1.31. The number of hydrogen-bond acceptors (Lipinski definition) is 2. The van der Waals surface area contributed by atoms with E-state index in [1.807, 2.05) is 18.2 Å². The average molecular weight is 243 g/mol. The van der Waals surface area contributed by atoms with Crippen molar-refractivity contribution < 1.29 is 14.6 Å². The van der Waals surface area contributed by atoms with Crippen LogP contribution >= 0.6 is 15.9 Å². The van der Waals surface area contributed by atoms with Gasteiger partial charge in [-0.2, -0.15) is 0 Å². The molecule has 1 aliphatic rings. The van der Waals surface area contributed by atoms with Gasteiger partial charge < -0.3 is 9.84 Å². The fourth-order valence-electron chi connectivity index (χ4n) is 1.35. The van der Waals surface area contributed by atoms with Crippen molar-refractivity contribution in [3.8, 4) is 5.75 Å². The lowest BCUT2D eigenvalue weighted by Gasteiger charge is -2.07. The van der Waals surface area contributed by atoms with E-state index < -0.39 is 12.1 Å². The van der Waals surface area contributed by atoms with Crippen LogP contribution in [-0.2, 0) is 4.79 Å². The van der Waals surface area contributed by atoms with Crippen LogP contribution in [0.5, 0.6) is 5.75 Å². The van der Waals surface area contributed by atoms with Crippen LogP contribution in [-0.4, -0.2) is 17.2 Å². The summed E-state index contributed by atoms with van der Waals surface area (Å²) in [5, 5.41) is 8.80. The molecule has 0 amide bonds. The first kappa shape index (κ1) is 8.56. The molecule has 1 N–H and O–H groups in total. The highest BCUT2D eigenvalue weighted by Crippen LogP contribution is 2.41. The summed E-state index contributed by atoms with van der Waals surface area (Å²) in [6.07, 6.45) is -0.808. The minimum Gasteiger partial charge on any atom is -0.478 e. The van der Waals surface area contributed by atoms with Gasteiger partial charge in [-0.05, 0) is 6.07 Å². The predicted molar refractivity (Wildman–Crippen MR) is 50.2 cm³/mol. The Bertz CT molecular complexity index is 350. The third-order valence-electron chi connectivity index (χ3n) is 1.98. The van der Waals surface area contributed by atoms with Crippen LogP contribution in [0.25, 0.3) is 0 Å². The van der Waals surface area contributed by atoms with E-state index in [0.29, 0.717) is 5.75 Å². The molecule has 1 aromatic carbocycles. The molecule has 0 aromatic heterocycles. The minimum atomic E-state index is -0.946. The van der Waals surface area contributed by atoms with Crippen molar-refractivity contribution in [3.63, 3.8) is 0 Å². The number of carboxylic acid groups (broad SMARTS) is 1. The summed E-state index contributed by atoms with van der Waals surface area (Å²) in [5.74, 6) is -0.296. The van der Waals surface area contributed by atoms with Gasteiger partial charge in [0.25, 0.3) is 0 Å². The number of rotatable bonds is 1. The largest absolute Gasteiger partial charge is 0.478 e. The van der Waals surface area contributed by atoms with Crippen molar-refractivity contribution in [2.24, 2.45) is 0 Å². The number of carbonyl (C=O) groups is 1. The Balaban J connectivity index is 2.38. The standard InChI is InChI=1S/C9H7BrO3/c10-7-5-3-1-2-4-6(5)13-8(7)9(11)12/h1-4,7-8H,(H,11,12). The second-order valence-electron chi connectivity index (χ2n) is 2.82. The van der Waals surface area contributed by atoms with E-state index in [0.717, 1.165) is 5.56 Å². The zero-order valence-corrected chi connectivity index (χ0v) is 8.19. The first-order chi connectivity index (χ1) is 6.20. The summed E-state index contributed by atoms with van der Waals surface area (Å²) in [5.41, 5.74) is 0.898. The highest BCUT2D eigenvalue weighted by atomic mass is 79.9. The highest BCUT2D eigenvalue weighted by Gasteiger charge is 2.37. The van der Waals surface area contributed by atoms with Gasteiger partial charge in [-0.1, -0.05) is 34.1 Å². The molecule has 1 heterocycles. The van der Waals surface area contributed by atoms with Gasteiger partial charge in [0, 0.05) is 5.56 Å². The van der Waals surface area contributed by atoms with Crippen LogP contribution in [0.4, 0.5) is 0 Å². The van der Waals surface area contributed by atoms with E-state index >= 15 is 0 Å². The van der Waals surface area contributed by atoms with Gasteiger partial charge in [-0.3, -0.25) is 0 Å². The van der Waals surface area contributed by atoms with Crippen LogP contribution in [0.15, 0.2) is 24.3 Å². The van der Waals surface area contributed by atoms with Crippen molar-refractivity contribution in [2.45, 2.75) is 10.9 Å². The molecule has 0 spiro atoms. The van der Waals surface area contributed by atoms with E-state index in [1.165, 1.54) is 0 Å². The van der Waals surface area contributed by atoms with Gasteiger partial charge in [-0.25, -0.2) is 4.79 Å². The summed E-state index contributed by atoms with van der Waals surface area (Å²) in [6.45, 7) is 0. The van der Waals surface area contributed by atoms with Crippen LogP contribution in [0.3, 0.4) is 0 Å². The maximum Gasteiger partial charge on any atom is 0.346 e. The fraction of sp³-hybridized carbons (Fsp3) is 0.222. The van der Waals surface area contributed by atoms with E-state index in [9.17, 15) is 4.79 Å². The summed E-state index contributed by atoms with van der Waals surface area (Å²) >= 11 is 3.30. The SMILES string of the molecule is O=C(O)C1Oc2ccccc2C1Br. The fourth-order valence-corrected chi connectivity index (χ4v) is 2.06. The highest BCUT2D eigenvalue weighted by molar-refractivity contribution is 9.09. The maximum atomic E-state index is 10.7. The molecule has 1 aliphatic heterocycles. The normalized spacial score (nSPS) is 25.0. The number of carboxylic acids is 1. The Morgan fingerprint density at radius 2 is 2.15 bits per heavy atom. The molecule has 2 atom stereocenters. The molecule has 68 valence electrons. The Labute approximate surface area is 83.5 Å². The van der Waals surface area contributed by atoms with Gasteiger partial charge in [0.05, 0.1) is 4.83 Å². The summed E-state index contributed by atoms with van der Waals surface area (Å²) in [6, 6.07) is 7.31. The Hall–Kier alpha value is -1.03. The summed E-state index contributed by atoms with van der Waals surface area (Å²) in [7, 11) is 0. The average Bonchev–Trinajstić information content (AvgIpc) is 2.45. The van der Waals surface area contributed by atoms with Crippen molar-refractivity contribution >= 4 is 21.9 Å². The molecular formula is C9H7BrO3. The van der Waals surface area contributed by atoms with E-state index in [1.54, 1.807) is 6.07 Å². The number of ether oxygens (including phenoxy) is 1. The molecule has 0 radical (unpaired) electrons. The summed E-state index contributed by atoms with van der Waals surface area (Å²) in [4.78, 5) is 10.5. The molecule has 1 aromatic rings. The van der Waals surface area contributed by atoms with Crippen molar-refractivity contribution in [3.05, 3.63) is 29.8 Å². The number of alkyl halides is 1. The second kappa shape index (κ2) is 3.03. The quantitative estimate of drug-likeness (QED) is 0.767. The van der Waals surface area contributed by atoms with Gasteiger partial charge >= 0.3 is 5.97 Å². The Morgan fingerprint density at radius 3 is 2.77 bits per heavy atom. The van der Waals surface area contributed by atoms with Crippen molar-refractivity contribution in [1.29, 1.82) is 0 Å². The number of benzene rings is 1. The minimum absolute atomic E-state index is 0.249. The van der Waals surface area contributed by atoms with E-state index in [2.05, 4.69) is 15.9 Å². The smallest absolute Gasteiger partial charge is 0.346 e. The molecule has 13 heavy (non-hydrogen) atoms. The molecule has 2 unspecified atom stereocenters. The van der Waals surface area contributed by atoms with Gasteiger partial charge in [0.15, 0.2) is 0 Å². The van der Waals surface area contributed by atoms with Crippen LogP contribution in [0.2, 0.25) is 0 Å². The molecular weight excluding hydrogens is 236 g/mol. The molecule has 3 nitrogen and oxygen atoms in total. The van der Waals surface area contributed by atoms with Crippen molar-refractivity contribution in [2.75, 3.05) is 0 Å². The number of aliphatic carboxylic acids is 1. The number of para-hydroxylation sites is 1. The Morgan fingerprint density at radius 1 is 1.46 bits per heavy atom. The first-order valence-corrected chi connectivity index (χ1v) is 4.74. The first-order valence-electron chi connectivity index (χ1n) is 3.82. The lowest BCUT2D eigenvalue weighted by molar-refractivity contribution is -0.144. The van der Waals surface area contributed by atoms with E-state index in [-0.39, 0.29) is 4.83 Å². The van der Waals surface area contributed by atoms with Crippen LogP contribution in [0, 0.1) is 0 Å². The molecule has 0 bridgehead atoms. The molecule has 0 aliphatic carbocycles. The third-order valence-corrected chi connectivity index (χ3v) is 2.95. The zero-order chi connectivity index (χ0) is 9.42. The van der Waals surface area contributed by atoms with Gasteiger partial charge in [0.1, 0.15) is 5.75 Å². The number of halogens is 1. The lowest BCUT2D eigenvalue weighted by Crippen LogP contribution is -2.25. The Kier molecular flexibility index (Phi) is 2.00. The molecule has 0 saturated heterocycles. The molecule has 4 heteroatoms.